The number of carbonyl (C=O) groups excluding carboxylic acids is 1. The van der Waals surface area contributed by atoms with Gasteiger partial charge in [0.15, 0.2) is 5.12 Å². The molecule has 0 saturated heterocycles. The molecule has 6 heteroatoms. The molecule has 5 nitrogen and oxygen atoms in total. The molecule has 0 spiro atoms. The normalized spacial score (nSPS) is 13.7. The predicted molar refractivity (Wildman–Crippen MR) is 81.1 cm³/mol. The van der Waals surface area contributed by atoms with Gasteiger partial charge < -0.3 is 15.3 Å². The number of benzene rings is 1. The SMILES string of the molecule is CC(=O)SCCC(O)C(O)c1cccc(CCC(=O)O)c1. The van der Waals surface area contributed by atoms with Crippen LogP contribution in [0.1, 0.15) is 37.0 Å². The van der Waals surface area contributed by atoms with Crippen molar-refractivity contribution in [1.29, 1.82) is 0 Å². The summed E-state index contributed by atoms with van der Waals surface area (Å²) in [7, 11) is 0. The summed E-state index contributed by atoms with van der Waals surface area (Å²) in [4.78, 5) is 21.4. The third kappa shape index (κ3) is 6.75. The van der Waals surface area contributed by atoms with Crippen LogP contribution in [0, 0.1) is 0 Å². The number of rotatable bonds is 8. The molecule has 2 atom stereocenters. The van der Waals surface area contributed by atoms with E-state index in [1.807, 2.05) is 0 Å². The lowest BCUT2D eigenvalue weighted by Crippen LogP contribution is -2.19. The molecule has 0 amide bonds. The summed E-state index contributed by atoms with van der Waals surface area (Å²) in [6.45, 7) is 1.46. The van der Waals surface area contributed by atoms with E-state index in [-0.39, 0.29) is 11.5 Å². The molecule has 0 fully saturated rings. The Balaban J connectivity index is 2.59. The molecule has 1 rings (SSSR count). The third-order valence-corrected chi connectivity index (χ3v) is 3.85. The van der Waals surface area contributed by atoms with E-state index in [2.05, 4.69) is 0 Å². The number of hydrogen-bond donors (Lipinski definition) is 3. The number of carboxylic acid groups (broad SMARTS) is 1. The first-order valence-electron chi connectivity index (χ1n) is 6.70. The van der Waals surface area contributed by atoms with E-state index in [1.165, 1.54) is 6.92 Å². The van der Waals surface area contributed by atoms with Crippen LogP contribution in [0.5, 0.6) is 0 Å². The lowest BCUT2D eigenvalue weighted by atomic mass is 9.99. The van der Waals surface area contributed by atoms with Crippen LogP contribution < -0.4 is 0 Å². The van der Waals surface area contributed by atoms with E-state index in [4.69, 9.17) is 5.11 Å². The maximum absolute atomic E-state index is 10.8. The monoisotopic (exact) mass is 312 g/mol. The Hall–Kier alpha value is -1.37. The van der Waals surface area contributed by atoms with Gasteiger partial charge in [-0.1, -0.05) is 36.0 Å². The van der Waals surface area contributed by atoms with E-state index in [0.29, 0.717) is 24.2 Å². The Labute approximate surface area is 128 Å². The number of hydrogen-bond acceptors (Lipinski definition) is 5. The highest BCUT2D eigenvalue weighted by molar-refractivity contribution is 8.13. The number of aliphatic hydroxyl groups excluding tert-OH is 2. The fraction of sp³-hybridized carbons (Fsp3) is 0.467. The van der Waals surface area contributed by atoms with E-state index >= 15 is 0 Å². The molecule has 21 heavy (non-hydrogen) atoms. The summed E-state index contributed by atoms with van der Waals surface area (Å²) in [6.07, 6.45) is -1.28. The second-order valence-electron chi connectivity index (χ2n) is 4.78. The number of aliphatic hydroxyl groups is 2. The van der Waals surface area contributed by atoms with Gasteiger partial charge in [0.1, 0.15) is 6.10 Å². The molecule has 0 aliphatic heterocycles. The van der Waals surface area contributed by atoms with Crippen LogP contribution in [-0.4, -0.2) is 38.3 Å². The first kappa shape index (κ1) is 17.7. The highest BCUT2D eigenvalue weighted by Gasteiger charge is 2.18. The molecule has 1 aromatic rings. The van der Waals surface area contributed by atoms with Crippen molar-refractivity contribution in [1.82, 2.24) is 0 Å². The molecule has 2 unspecified atom stereocenters. The average molecular weight is 312 g/mol. The Morgan fingerprint density at radius 3 is 2.62 bits per heavy atom. The number of carboxylic acids is 1. The van der Waals surface area contributed by atoms with E-state index < -0.39 is 18.2 Å². The molecule has 0 bridgehead atoms. The minimum atomic E-state index is -1.04. The molecule has 0 heterocycles. The van der Waals surface area contributed by atoms with Crippen LogP contribution in [0.4, 0.5) is 0 Å². The Bertz CT molecular complexity index is 489. The smallest absolute Gasteiger partial charge is 0.303 e. The summed E-state index contributed by atoms with van der Waals surface area (Å²) in [6, 6.07) is 6.91. The largest absolute Gasteiger partial charge is 0.481 e. The molecular formula is C15H20O5S. The summed E-state index contributed by atoms with van der Waals surface area (Å²) in [5, 5.41) is 28.7. The third-order valence-electron chi connectivity index (χ3n) is 3.00. The van der Waals surface area contributed by atoms with Crippen molar-refractivity contribution in [3.05, 3.63) is 35.4 Å². The maximum Gasteiger partial charge on any atom is 0.303 e. The summed E-state index contributed by atoms with van der Waals surface area (Å²) in [5.41, 5.74) is 1.36. The summed E-state index contributed by atoms with van der Waals surface area (Å²) in [5.74, 6) is -0.422. The minimum absolute atomic E-state index is 0.0210. The molecule has 0 aromatic heterocycles. The van der Waals surface area contributed by atoms with Crippen molar-refractivity contribution in [2.45, 2.75) is 38.4 Å². The van der Waals surface area contributed by atoms with E-state index in [1.54, 1.807) is 24.3 Å². The first-order valence-corrected chi connectivity index (χ1v) is 7.69. The zero-order valence-corrected chi connectivity index (χ0v) is 12.7. The molecule has 0 radical (unpaired) electrons. The van der Waals surface area contributed by atoms with Gasteiger partial charge in [0.25, 0.3) is 0 Å². The number of aryl methyl sites for hydroxylation is 1. The van der Waals surface area contributed by atoms with Crippen LogP contribution >= 0.6 is 11.8 Å². The van der Waals surface area contributed by atoms with Gasteiger partial charge in [-0.2, -0.15) is 0 Å². The second-order valence-corrected chi connectivity index (χ2v) is 6.05. The molecule has 116 valence electrons. The van der Waals surface area contributed by atoms with Crippen LogP contribution in [0.15, 0.2) is 24.3 Å². The van der Waals surface area contributed by atoms with Crippen molar-refractivity contribution in [3.63, 3.8) is 0 Å². The molecule has 1 aromatic carbocycles. The van der Waals surface area contributed by atoms with Crippen molar-refractivity contribution >= 4 is 22.8 Å². The van der Waals surface area contributed by atoms with Gasteiger partial charge >= 0.3 is 5.97 Å². The fourth-order valence-corrected chi connectivity index (χ4v) is 2.53. The van der Waals surface area contributed by atoms with Gasteiger partial charge in [-0.25, -0.2) is 0 Å². The zero-order valence-electron chi connectivity index (χ0n) is 11.9. The van der Waals surface area contributed by atoms with Gasteiger partial charge in [-0.3, -0.25) is 9.59 Å². The van der Waals surface area contributed by atoms with Gasteiger partial charge in [-0.05, 0) is 24.0 Å². The van der Waals surface area contributed by atoms with E-state index in [9.17, 15) is 19.8 Å². The lowest BCUT2D eigenvalue weighted by Gasteiger charge is -2.18. The summed E-state index contributed by atoms with van der Waals surface area (Å²) >= 11 is 1.11. The highest BCUT2D eigenvalue weighted by atomic mass is 32.2. The van der Waals surface area contributed by atoms with Gasteiger partial charge in [0, 0.05) is 19.1 Å². The maximum atomic E-state index is 10.8. The van der Waals surface area contributed by atoms with Gasteiger partial charge in [-0.15, -0.1) is 0 Å². The van der Waals surface area contributed by atoms with Crippen LogP contribution in [0.25, 0.3) is 0 Å². The fourth-order valence-electron chi connectivity index (χ4n) is 1.89. The van der Waals surface area contributed by atoms with Crippen molar-refractivity contribution in [2.75, 3.05) is 5.75 Å². The Morgan fingerprint density at radius 1 is 1.29 bits per heavy atom. The predicted octanol–water partition coefficient (Wildman–Crippen LogP) is 1.77. The average Bonchev–Trinajstić information content (AvgIpc) is 2.44. The Morgan fingerprint density at radius 2 is 2.00 bits per heavy atom. The quantitative estimate of drug-likeness (QED) is 0.677. The highest BCUT2D eigenvalue weighted by Crippen LogP contribution is 2.22. The van der Waals surface area contributed by atoms with Gasteiger partial charge in [0.05, 0.1) is 6.10 Å². The lowest BCUT2D eigenvalue weighted by molar-refractivity contribution is -0.137. The molecule has 0 saturated carbocycles. The van der Waals surface area contributed by atoms with Crippen LogP contribution in [-0.2, 0) is 16.0 Å². The standard InChI is InChI=1S/C15H20O5S/c1-10(16)21-8-7-13(17)15(20)12-4-2-3-11(9-12)5-6-14(18)19/h2-4,9,13,15,17,20H,5-8H2,1H3,(H,18,19). The van der Waals surface area contributed by atoms with Crippen LogP contribution in [0.3, 0.4) is 0 Å². The molecular weight excluding hydrogens is 292 g/mol. The molecule has 3 N–H and O–H groups in total. The molecule has 0 aliphatic rings. The number of aliphatic carboxylic acids is 1. The Kier molecular flexibility index (Phi) is 7.42. The zero-order chi connectivity index (χ0) is 15.8. The summed E-state index contributed by atoms with van der Waals surface area (Å²) < 4.78 is 0. The number of carbonyl (C=O) groups is 2. The van der Waals surface area contributed by atoms with Gasteiger partial charge in [0.2, 0.25) is 0 Å². The molecule has 0 aliphatic carbocycles. The van der Waals surface area contributed by atoms with Crippen molar-refractivity contribution in [2.24, 2.45) is 0 Å². The van der Waals surface area contributed by atoms with Crippen molar-refractivity contribution in [3.8, 4) is 0 Å². The minimum Gasteiger partial charge on any atom is -0.481 e. The topological polar surface area (TPSA) is 94.8 Å². The van der Waals surface area contributed by atoms with E-state index in [0.717, 1.165) is 17.3 Å². The first-order chi connectivity index (χ1) is 9.90. The second kappa shape index (κ2) is 8.81. The van der Waals surface area contributed by atoms with Crippen molar-refractivity contribution < 1.29 is 24.9 Å². The number of thioether (sulfide) groups is 1. The van der Waals surface area contributed by atoms with Crippen LogP contribution in [0.2, 0.25) is 0 Å².